The SMILES string of the molecule is Nc1ncnc2c1ncn2[C@@H]1O[C@@H]2COP(O)(=S)O[C@H]3[C@@H](O)[C@H](n4cnc5c(=O)n6ccnc6[nH]c54)O[C@@H]3COP(=O)(O)O[C@@H]1[C@@H]2O. The Morgan fingerprint density at radius 2 is 1.66 bits per heavy atom. The zero-order valence-electron chi connectivity index (χ0n) is 23.4. The highest BCUT2D eigenvalue weighted by atomic mass is 32.5. The first-order valence-corrected chi connectivity index (χ1v) is 17.8. The average Bonchev–Trinajstić information content (AvgIpc) is 3.85. The van der Waals surface area contributed by atoms with Gasteiger partial charge in [0.1, 0.15) is 54.1 Å². The zero-order chi connectivity index (χ0) is 32.8. The molecule has 3 saturated heterocycles. The predicted octanol–water partition coefficient (Wildman–Crippen LogP) is -1.55. The van der Waals surface area contributed by atoms with Crippen molar-refractivity contribution in [3.05, 3.63) is 41.7 Å². The summed E-state index contributed by atoms with van der Waals surface area (Å²) in [4.78, 5) is 58.0. The number of anilines is 1. The summed E-state index contributed by atoms with van der Waals surface area (Å²) >= 11 is 5.21. The molecule has 25 heteroatoms. The van der Waals surface area contributed by atoms with Crippen molar-refractivity contribution in [3.8, 4) is 0 Å². The number of aromatic amines is 1. The minimum atomic E-state index is -5.04. The zero-order valence-corrected chi connectivity index (χ0v) is 26.0. The highest BCUT2D eigenvalue weighted by Gasteiger charge is 2.53. The molecule has 10 atom stereocenters. The number of imidazole rings is 3. The molecule has 7 N–H and O–H groups in total. The van der Waals surface area contributed by atoms with Gasteiger partial charge in [-0.05, 0) is 11.8 Å². The van der Waals surface area contributed by atoms with Gasteiger partial charge in [-0.15, -0.1) is 0 Å². The molecular weight excluding hydrogens is 690 g/mol. The third-order valence-corrected chi connectivity index (χ3v) is 10.5. The number of aliphatic hydroxyl groups is 2. The molecule has 0 amide bonds. The van der Waals surface area contributed by atoms with Gasteiger partial charge in [0, 0.05) is 12.4 Å². The summed E-state index contributed by atoms with van der Waals surface area (Å²) in [6.45, 7) is -5.56. The number of nitrogen functional groups attached to an aromatic ring is 1. The Morgan fingerprint density at radius 3 is 2.49 bits per heavy atom. The maximum absolute atomic E-state index is 13.3. The fourth-order valence-corrected chi connectivity index (χ4v) is 8.16. The smallest absolute Gasteiger partial charge is 0.387 e. The molecule has 0 radical (unpaired) electrons. The standard InChI is InChI=1S/C22H24N10O12P2S/c23-16-10-17(26-5-25-16)31(6-27-10)21-15-12(33)8(41-21)3-40-46(38,47)44-14-9(4-39-45(36,37)43-15)42-20(13(14)34)32-7-28-11-18(32)29-22-24-1-2-30(22)19(11)35/h1-2,5-9,12-15,20-21,33-34H,3-4H2,(H,24,29)(H,36,37)(H,38,47)(H2,23,25,26)/t8-,9-,12-,13-,14-,15-,20-,21-,46?/m1/s1. The number of nitrogens with one attached hydrogen (secondary N) is 1. The van der Waals surface area contributed by atoms with Crippen LogP contribution in [0.3, 0.4) is 0 Å². The molecule has 250 valence electrons. The molecule has 0 saturated carbocycles. The highest BCUT2D eigenvalue weighted by Crippen LogP contribution is 2.54. The van der Waals surface area contributed by atoms with Gasteiger partial charge in [0.2, 0.25) is 5.78 Å². The van der Waals surface area contributed by atoms with Crippen molar-refractivity contribution in [1.82, 2.24) is 43.4 Å². The van der Waals surface area contributed by atoms with Crippen LogP contribution in [0.15, 0.2) is 36.2 Å². The van der Waals surface area contributed by atoms with Gasteiger partial charge in [0.25, 0.3) is 5.56 Å². The molecule has 8 rings (SSSR count). The maximum Gasteiger partial charge on any atom is 0.472 e. The first-order valence-electron chi connectivity index (χ1n) is 13.7. The van der Waals surface area contributed by atoms with E-state index in [-0.39, 0.29) is 33.9 Å². The van der Waals surface area contributed by atoms with Gasteiger partial charge in [-0.3, -0.25) is 27.5 Å². The van der Waals surface area contributed by atoms with E-state index in [4.69, 9.17) is 45.1 Å². The van der Waals surface area contributed by atoms with Gasteiger partial charge < -0.3 is 44.7 Å². The highest BCUT2D eigenvalue weighted by molar-refractivity contribution is 8.07. The van der Waals surface area contributed by atoms with Crippen molar-refractivity contribution >= 4 is 60.3 Å². The summed E-state index contributed by atoms with van der Waals surface area (Å²) < 4.78 is 50.9. The first-order chi connectivity index (χ1) is 22.4. The summed E-state index contributed by atoms with van der Waals surface area (Å²) in [6, 6.07) is 0. The molecule has 0 spiro atoms. The predicted molar refractivity (Wildman–Crippen MR) is 157 cm³/mol. The van der Waals surface area contributed by atoms with Crippen LogP contribution in [-0.2, 0) is 43.9 Å². The number of aromatic nitrogens is 9. The van der Waals surface area contributed by atoms with E-state index in [0.717, 1.165) is 0 Å². The van der Waals surface area contributed by atoms with Crippen molar-refractivity contribution in [1.29, 1.82) is 0 Å². The molecule has 5 aromatic heterocycles. The van der Waals surface area contributed by atoms with Crippen LogP contribution in [0, 0.1) is 0 Å². The molecule has 47 heavy (non-hydrogen) atoms. The summed E-state index contributed by atoms with van der Waals surface area (Å²) in [6.07, 6.45) is -5.07. The fourth-order valence-electron chi connectivity index (χ4n) is 5.78. The van der Waals surface area contributed by atoms with Gasteiger partial charge >= 0.3 is 14.5 Å². The third kappa shape index (κ3) is 5.20. The van der Waals surface area contributed by atoms with Crippen molar-refractivity contribution in [2.45, 2.75) is 49.1 Å². The lowest BCUT2D eigenvalue weighted by atomic mass is 10.1. The molecule has 0 aromatic carbocycles. The van der Waals surface area contributed by atoms with Gasteiger partial charge in [-0.25, -0.2) is 33.9 Å². The van der Waals surface area contributed by atoms with Crippen LogP contribution in [0.5, 0.6) is 0 Å². The number of aliphatic hydroxyl groups excluding tert-OH is 2. The number of hydrogen-bond donors (Lipinski definition) is 6. The molecule has 3 fully saturated rings. The Morgan fingerprint density at radius 1 is 0.915 bits per heavy atom. The molecule has 5 aromatic rings. The summed E-state index contributed by atoms with van der Waals surface area (Å²) in [5, 5.41) is 22.5. The molecule has 3 aliphatic rings. The van der Waals surface area contributed by atoms with Crippen LogP contribution >= 0.6 is 14.5 Å². The molecule has 2 bridgehead atoms. The Bertz CT molecular complexity index is 2170. The van der Waals surface area contributed by atoms with E-state index in [2.05, 4.69) is 29.9 Å². The maximum atomic E-state index is 13.3. The number of hydrogen-bond acceptors (Lipinski definition) is 17. The van der Waals surface area contributed by atoms with E-state index in [1.165, 1.54) is 44.9 Å². The average molecular weight is 715 g/mol. The van der Waals surface area contributed by atoms with Gasteiger partial charge in [-0.2, -0.15) is 0 Å². The Balaban J connectivity index is 1.12. The molecule has 2 unspecified atom stereocenters. The summed E-state index contributed by atoms with van der Waals surface area (Å²) in [5.41, 5.74) is 5.89. The Labute approximate surface area is 265 Å². The Kier molecular flexibility index (Phi) is 7.35. The van der Waals surface area contributed by atoms with Crippen LogP contribution in [0.25, 0.3) is 28.1 Å². The van der Waals surface area contributed by atoms with E-state index >= 15 is 0 Å². The van der Waals surface area contributed by atoms with E-state index in [1.54, 1.807) is 0 Å². The van der Waals surface area contributed by atoms with Crippen molar-refractivity contribution < 1.29 is 52.1 Å². The quantitative estimate of drug-likeness (QED) is 0.113. The van der Waals surface area contributed by atoms with E-state index in [9.17, 15) is 29.4 Å². The minimum absolute atomic E-state index is 0.00196. The second kappa shape index (κ2) is 11.1. The lowest BCUT2D eigenvalue weighted by Crippen LogP contribution is -2.36. The Hall–Kier alpha value is -3.28. The molecule has 0 aliphatic carbocycles. The van der Waals surface area contributed by atoms with Crippen molar-refractivity contribution in [2.75, 3.05) is 18.9 Å². The van der Waals surface area contributed by atoms with E-state index in [1.807, 2.05) is 0 Å². The van der Waals surface area contributed by atoms with Gasteiger partial charge in [0.05, 0.1) is 25.9 Å². The van der Waals surface area contributed by atoms with Crippen LogP contribution in [0.4, 0.5) is 5.82 Å². The second-order valence-corrected chi connectivity index (χ2v) is 15.0. The number of phosphoric ester groups is 1. The monoisotopic (exact) mass is 714 g/mol. The summed E-state index contributed by atoms with van der Waals surface area (Å²) in [5.74, 6) is 0.242. The fraction of sp³-hybridized carbons (Fsp3) is 0.455. The van der Waals surface area contributed by atoms with Gasteiger partial charge in [-0.1, -0.05) is 0 Å². The minimum Gasteiger partial charge on any atom is -0.387 e. The topological polar surface area (TPSA) is 291 Å². The molecular formula is C22H24N10O12P2S. The van der Waals surface area contributed by atoms with Crippen molar-refractivity contribution in [3.63, 3.8) is 0 Å². The number of nitrogens with two attached hydrogens (primary N) is 1. The third-order valence-electron chi connectivity index (χ3n) is 7.96. The normalized spacial score (nSPS) is 36.8. The first kappa shape index (κ1) is 31.0. The molecule has 8 heterocycles. The van der Waals surface area contributed by atoms with E-state index in [0.29, 0.717) is 0 Å². The number of ether oxygens (including phenoxy) is 2. The van der Waals surface area contributed by atoms with Crippen LogP contribution in [-0.4, -0.2) is 113 Å². The van der Waals surface area contributed by atoms with E-state index < -0.39 is 82.4 Å². The second-order valence-electron chi connectivity index (χ2n) is 10.8. The molecule has 22 nitrogen and oxygen atoms in total. The lowest BCUT2D eigenvalue weighted by Gasteiger charge is -2.27. The van der Waals surface area contributed by atoms with Crippen LogP contribution in [0.2, 0.25) is 0 Å². The van der Waals surface area contributed by atoms with Crippen molar-refractivity contribution in [2.24, 2.45) is 0 Å². The van der Waals surface area contributed by atoms with Crippen LogP contribution in [0.1, 0.15) is 12.5 Å². The van der Waals surface area contributed by atoms with Gasteiger partial charge in [0.15, 0.2) is 29.4 Å². The number of H-pyrrole nitrogens is 1. The number of phosphoric acid groups is 1. The number of nitrogens with zero attached hydrogens (tertiary/aromatic N) is 8. The largest absolute Gasteiger partial charge is 0.472 e. The number of fused-ring (bicyclic) bond motifs is 6. The lowest BCUT2D eigenvalue weighted by molar-refractivity contribution is -0.0647. The van der Waals surface area contributed by atoms with Crippen LogP contribution < -0.4 is 11.3 Å². The number of rotatable bonds is 2. The molecule has 3 aliphatic heterocycles. The summed E-state index contributed by atoms with van der Waals surface area (Å²) in [7, 11) is -5.04.